The lowest BCUT2D eigenvalue weighted by molar-refractivity contribution is -0.140. The maximum atomic E-state index is 12.3. The summed E-state index contributed by atoms with van der Waals surface area (Å²) in [6, 6.07) is 11.0. The van der Waals surface area contributed by atoms with Crippen molar-refractivity contribution < 1.29 is 23.9 Å². The van der Waals surface area contributed by atoms with Crippen molar-refractivity contribution in [3.63, 3.8) is 0 Å². The molecule has 0 amide bonds. The van der Waals surface area contributed by atoms with Gasteiger partial charge in [-0.05, 0) is 36.6 Å². The molecule has 5 nitrogen and oxygen atoms in total. The molecule has 2 rings (SSSR count). The first-order chi connectivity index (χ1) is 12.5. The SMILES string of the molecule is COC(=O)CCCCC(=O)c1ccc(Cc2ccccc2C(=O)OC)s1. The molecule has 0 saturated heterocycles. The molecule has 0 radical (unpaired) electrons. The van der Waals surface area contributed by atoms with Gasteiger partial charge in [0.25, 0.3) is 0 Å². The second kappa shape index (κ2) is 9.87. The molecule has 6 heteroatoms. The Morgan fingerprint density at radius 3 is 2.38 bits per heavy atom. The van der Waals surface area contributed by atoms with E-state index in [0.717, 1.165) is 10.4 Å². The molecule has 0 fully saturated rings. The van der Waals surface area contributed by atoms with Gasteiger partial charge in [0.15, 0.2) is 5.78 Å². The minimum atomic E-state index is -0.362. The zero-order valence-electron chi connectivity index (χ0n) is 14.9. The van der Waals surface area contributed by atoms with Crippen LogP contribution in [-0.2, 0) is 20.7 Å². The number of ketones is 1. The van der Waals surface area contributed by atoms with E-state index in [1.165, 1.54) is 25.6 Å². The monoisotopic (exact) mass is 374 g/mol. The number of rotatable bonds is 9. The predicted octanol–water partition coefficient (Wildman–Crippen LogP) is 4.04. The number of unbranched alkanes of at least 4 members (excludes halogenated alkanes) is 1. The Hall–Kier alpha value is -2.47. The third-order valence-electron chi connectivity index (χ3n) is 3.99. The minimum Gasteiger partial charge on any atom is -0.469 e. The van der Waals surface area contributed by atoms with Crippen LogP contribution in [0.15, 0.2) is 36.4 Å². The molecule has 1 heterocycles. The normalized spacial score (nSPS) is 10.4. The zero-order chi connectivity index (χ0) is 18.9. The fourth-order valence-corrected chi connectivity index (χ4v) is 3.57. The van der Waals surface area contributed by atoms with Crippen molar-refractivity contribution in [2.45, 2.75) is 32.1 Å². The van der Waals surface area contributed by atoms with Crippen LogP contribution in [0.5, 0.6) is 0 Å². The van der Waals surface area contributed by atoms with Crippen molar-refractivity contribution in [2.24, 2.45) is 0 Å². The van der Waals surface area contributed by atoms with E-state index in [0.29, 0.717) is 42.5 Å². The Morgan fingerprint density at radius 1 is 0.923 bits per heavy atom. The summed E-state index contributed by atoms with van der Waals surface area (Å²) in [6.07, 6.45) is 2.63. The number of benzene rings is 1. The molecular weight excluding hydrogens is 352 g/mol. The van der Waals surface area contributed by atoms with E-state index in [2.05, 4.69) is 4.74 Å². The lowest BCUT2D eigenvalue weighted by Crippen LogP contribution is -2.05. The van der Waals surface area contributed by atoms with Gasteiger partial charge in [-0.25, -0.2) is 4.79 Å². The van der Waals surface area contributed by atoms with Crippen LogP contribution in [0.25, 0.3) is 0 Å². The van der Waals surface area contributed by atoms with Gasteiger partial charge in [0.1, 0.15) is 0 Å². The highest BCUT2D eigenvalue weighted by molar-refractivity contribution is 7.14. The second-order valence-electron chi connectivity index (χ2n) is 5.80. The van der Waals surface area contributed by atoms with Crippen LogP contribution >= 0.6 is 11.3 Å². The van der Waals surface area contributed by atoms with E-state index in [4.69, 9.17) is 4.74 Å². The average molecular weight is 374 g/mol. The summed E-state index contributed by atoms with van der Waals surface area (Å²) in [6.45, 7) is 0. The third kappa shape index (κ3) is 5.52. The number of carbonyl (C=O) groups excluding carboxylic acids is 3. The first kappa shape index (κ1) is 19.8. The summed E-state index contributed by atoms with van der Waals surface area (Å²) < 4.78 is 9.40. The summed E-state index contributed by atoms with van der Waals surface area (Å²) >= 11 is 1.44. The van der Waals surface area contributed by atoms with Gasteiger partial charge in [-0.3, -0.25) is 9.59 Å². The third-order valence-corrected chi connectivity index (χ3v) is 5.11. The van der Waals surface area contributed by atoms with Crippen molar-refractivity contribution in [3.05, 3.63) is 57.3 Å². The molecule has 0 aliphatic rings. The number of ether oxygens (including phenoxy) is 2. The van der Waals surface area contributed by atoms with Crippen LogP contribution in [0.1, 0.15) is 56.2 Å². The molecule has 0 bridgehead atoms. The highest BCUT2D eigenvalue weighted by Crippen LogP contribution is 2.23. The van der Waals surface area contributed by atoms with Crippen LogP contribution in [0.2, 0.25) is 0 Å². The van der Waals surface area contributed by atoms with Crippen molar-refractivity contribution in [3.8, 4) is 0 Å². The fraction of sp³-hybridized carbons (Fsp3) is 0.350. The van der Waals surface area contributed by atoms with Gasteiger partial charge in [0.2, 0.25) is 0 Å². The van der Waals surface area contributed by atoms with E-state index < -0.39 is 0 Å². The Morgan fingerprint density at radius 2 is 1.65 bits per heavy atom. The Bertz CT molecular complexity index is 778. The van der Waals surface area contributed by atoms with Gasteiger partial charge < -0.3 is 9.47 Å². The van der Waals surface area contributed by atoms with Crippen molar-refractivity contribution in [1.82, 2.24) is 0 Å². The molecule has 0 N–H and O–H groups in total. The van der Waals surface area contributed by atoms with E-state index >= 15 is 0 Å². The highest BCUT2D eigenvalue weighted by atomic mass is 32.1. The van der Waals surface area contributed by atoms with E-state index in [-0.39, 0.29) is 17.7 Å². The lowest BCUT2D eigenvalue weighted by Gasteiger charge is -2.06. The molecule has 0 aliphatic heterocycles. The van der Waals surface area contributed by atoms with Crippen LogP contribution in [0, 0.1) is 0 Å². The van der Waals surface area contributed by atoms with E-state index in [9.17, 15) is 14.4 Å². The fourth-order valence-electron chi connectivity index (χ4n) is 2.57. The quantitative estimate of drug-likeness (QED) is 0.376. The average Bonchev–Trinajstić information content (AvgIpc) is 3.13. The maximum absolute atomic E-state index is 12.3. The standard InChI is InChI=1S/C20H22O5S/c1-24-19(22)10-6-5-9-17(21)18-12-11-15(26-18)13-14-7-3-4-8-16(14)20(23)25-2/h3-4,7-8,11-12H,5-6,9-10,13H2,1-2H3. The van der Waals surface area contributed by atoms with Crippen molar-refractivity contribution in [2.75, 3.05) is 14.2 Å². The number of methoxy groups -OCH3 is 2. The van der Waals surface area contributed by atoms with Crippen LogP contribution in [-0.4, -0.2) is 31.9 Å². The Kier molecular flexibility index (Phi) is 7.53. The van der Waals surface area contributed by atoms with E-state index in [1.807, 2.05) is 24.3 Å². The highest BCUT2D eigenvalue weighted by Gasteiger charge is 2.14. The molecule has 0 unspecified atom stereocenters. The van der Waals surface area contributed by atoms with Gasteiger partial charge in [0, 0.05) is 24.1 Å². The summed E-state index contributed by atoms with van der Waals surface area (Å²) in [5.41, 5.74) is 1.41. The van der Waals surface area contributed by atoms with Crippen molar-refractivity contribution >= 4 is 29.1 Å². The van der Waals surface area contributed by atoms with Gasteiger partial charge >= 0.3 is 11.9 Å². The second-order valence-corrected chi connectivity index (χ2v) is 6.97. The molecule has 0 aliphatic carbocycles. The first-order valence-corrected chi connectivity index (χ1v) is 9.21. The predicted molar refractivity (Wildman–Crippen MR) is 99.7 cm³/mol. The van der Waals surface area contributed by atoms with Gasteiger partial charge in [0.05, 0.1) is 24.7 Å². The number of hydrogen-bond acceptors (Lipinski definition) is 6. The summed E-state index contributed by atoms with van der Waals surface area (Å²) in [7, 11) is 2.72. The number of Topliss-reactive ketones (excluding diaryl/α,β-unsaturated/α-hetero) is 1. The largest absolute Gasteiger partial charge is 0.469 e. The molecule has 0 spiro atoms. The van der Waals surface area contributed by atoms with Crippen LogP contribution < -0.4 is 0 Å². The minimum absolute atomic E-state index is 0.0763. The number of thiophene rings is 1. The number of esters is 2. The molecule has 1 aromatic carbocycles. The van der Waals surface area contributed by atoms with Gasteiger partial charge in [-0.2, -0.15) is 0 Å². The topological polar surface area (TPSA) is 69.7 Å². The smallest absolute Gasteiger partial charge is 0.338 e. The van der Waals surface area contributed by atoms with Crippen molar-refractivity contribution in [1.29, 1.82) is 0 Å². The molecular formula is C20H22O5S. The molecule has 138 valence electrons. The molecule has 26 heavy (non-hydrogen) atoms. The van der Waals surface area contributed by atoms with E-state index in [1.54, 1.807) is 12.1 Å². The first-order valence-electron chi connectivity index (χ1n) is 8.40. The maximum Gasteiger partial charge on any atom is 0.338 e. The van der Waals surface area contributed by atoms with Crippen LogP contribution in [0.4, 0.5) is 0 Å². The number of hydrogen-bond donors (Lipinski definition) is 0. The lowest BCUT2D eigenvalue weighted by atomic mass is 10.0. The number of carbonyl (C=O) groups is 3. The summed E-state index contributed by atoms with van der Waals surface area (Å²) in [5, 5.41) is 0. The van der Waals surface area contributed by atoms with Gasteiger partial charge in [-0.15, -0.1) is 11.3 Å². The molecule has 1 aromatic heterocycles. The summed E-state index contributed by atoms with van der Waals surface area (Å²) in [4.78, 5) is 36.9. The van der Waals surface area contributed by atoms with Crippen LogP contribution in [0.3, 0.4) is 0 Å². The zero-order valence-corrected chi connectivity index (χ0v) is 15.8. The molecule has 0 atom stereocenters. The molecule has 0 saturated carbocycles. The molecule has 2 aromatic rings. The van der Waals surface area contributed by atoms with Gasteiger partial charge in [-0.1, -0.05) is 18.2 Å². The Balaban J connectivity index is 1.95. The summed E-state index contributed by atoms with van der Waals surface area (Å²) in [5.74, 6) is -0.536. The Labute approximate surface area is 156 Å².